The summed E-state index contributed by atoms with van der Waals surface area (Å²) in [6.45, 7) is 4.63. The van der Waals surface area contributed by atoms with Gasteiger partial charge < -0.3 is 20.0 Å². The normalized spacial score (nSPS) is 28.5. The number of carbonyl (C=O) groups is 1. The van der Waals surface area contributed by atoms with Crippen LogP contribution in [-0.4, -0.2) is 75.5 Å². The maximum absolute atomic E-state index is 12.7. The Balaban J connectivity index is 1.25. The Morgan fingerprint density at radius 3 is 2.52 bits per heavy atom. The standard InChI is InChI=1S/C24H30N6O2S/c1-15-3-6-17(7-4-15)29-13-19-11-18(29)14-30(19)24-26-20-9-10-33(32)22(20)23(27-24)25-16-5-8-21(31)28(2)12-16/h3-4,6-7,16,18-19H,5,8-14H2,1-2H3,(H,25,26,27)/t16-,18?,19?,33?/m0/s1. The number of piperidine rings is 1. The molecule has 6 rings (SSSR count). The summed E-state index contributed by atoms with van der Waals surface area (Å²) in [7, 11) is 0.770. The summed E-state index contributed by atoms with van der Waals surface area (Å²) in [4.78, 5) is 29.1. The molecule has 8 nitrogen and oxygen atoms in total. The number of piperazine rings is 1. The zero-order valence-corrected chi connectivity index (χ0v) is 20.0. The van der Waals surface area contributed by atoms with Crippen LogP contribution in [0.4, 0.5) is 17.5 Å². The molecule has 4 aliphatic heterocycles. The molecule has 1 N–H and O–H groups in total. The van der Waals surface area contributed by atoms with Crippen LogP contribution in [0.5, 0.6) is 0 Å². The molecule has 0 radical (unpaired) electrons. The lowest BCUT2D eigenvalue weighted by atomic mass is 10.1. The summed E-state index contributed by atoms with van der Waals surface area (Å²) in [5.41, 5.74) is 3.48. The molecule has 4 atom stereocenters. The highest BCUT2D eigenvalue weighted by Gasteiger charge is 2.45. The minimum atomic E-state index is -1.07. The molecule has 1 aromatic carbocycles. The Morgan fingerprint density at radius 2 is 1.79 bits per heavy atom. The van der Waals surface area contributed by atoms with E-state index in [2.05, 4.69) is 46.3 Å². The maximum Gasteiger partial charge on any atom is 0.227 e. The number of nitrogens with zero attached hydrogens (tertiary/aromatic N) is 5. The molecule has 3 unspecified atom stereocenters. The highest BCUT2D eigenvalue weighted by Crippen LogP contribution is 2.38. The van der Waals surface area contributed by atoms with Crippen molar-refractivity contribution >= 4 is 34.2 Å². The quantitative estimate of drug-likeness (QED) is 0.738. The largest absolute Gasteiger partial charge is 0.365 e. The molecule has 1 aromatic heterocycles. The molecule has 0 spiro atoms. The molecule has 1 amide bonds. The van der Waals surface area contributed by atoms with Crippen LogP contribution in [0.3, 0.4) is 0 Å². The second-order valence-corrected chi connectivity index (χ2v) is 11.3. The summed E-state index contributed by atoms with van der Waals surface area (Å²) in [6.07, 6.45) is 3.14. The van der Waals surface area contributed by atoms with Gasteiger partial charge in [0.15, 0.2) is 0 Å². The van der Waals surface area contributed by atoms with E-state index in [9.17, 15) is 9.00 Å². The Labute approximate surface area is 196 Å². The van der Waals surface area contributed by atoms with E-state index in [1.165, 1.54) is 11.3 Å². The van der Waals surface area contributed by atoms with Gasteiger partial charge in [-0.2, -0.15) is 4.98 Å². The number of hydrogen-bond donors (Lipinski definition) is 1. The number of likely N-dealkylation sites (N-methyl/N-ethyl adjacent to an activating group) is 1. The molecule has 2 aromatic rings. The van der Waals surface area contributed by atoms with Crippen LogP contribution in [0.1, 0.15) is 30.5 Å². The van der Waals surface area contributed by atoms with Crippen molar-refractivity contribution in [3.8, 4) is 0 Å². The number of benzene rings is 1. The van der Waals surface area contributed by atoms with Crippen LogP contribution in [0.2, 0.25) is 0 Å². The van der Waals surface area contributed by atoms with E-state index in [0.29, 0.717) is 36.6 Å². The predicted octanol–water partition coefficient (Wildman–Crippen LogP) is 1.95. The van der Waals surface area contributed by atoms with Crippen molar-refractivity contribution in [2.24, 2.45) is 0 Å². The van der Waals surface area contributed by atoms with Crippen LogP contribution in [-0.2, 0) is 22.0 Å². The van der Waals surface area contributed by atoms with E-state index in [1.54, 1.807) is 4.90 Å². The van der Waals surface area contributed by atoms with Gasteiger partial charge in [0.2, 0.25) is 11.9 Å². The molecule has 3 fully saturated rings. The number of likely N-dealkylation sites (tertiary alicyclic amines) is 1. The summed E-state index contributed by atoms with van der Waals surface area (Å²) < 4.78 is 12.7. The van der Waals surface area contributed by atoms with E-state index in [0.717, 1.165) is 48.9 Å². The van der Waals surface area contributed by atoms with Crippen molar-refractivity contribution in [2.75, 3.05) is 47.6 Å². The van der Waals surface area contributed by atoms with Crippen molar-refractivity contribution in [1.29, 1.82) is 0 Å². The molecular formula is C24H30N6O2S. The van der Waals surface area contributed by atoms with E-state index >= 15 is 0 Å². The van der Waals surface area contributed by atoms with Crippen molar-refractivity contribution in [3.05, 3.63) is 35.5 Å². The summed E-state index contributed by atoms with van der Waals surface area (Å²) in [5.74, 6) is 2.25. The average Bonchev–Trinajstić information content (AvgIpc) is 3.51. The van der Waals surface area contributed by atoms with Gasteiger partial charge in [-0.1, -0.05) is 17.7 Å². The lowest BCUT2D eigenvalue weighted by Crippen LogP contribution is -2.47. The van der Waals surface area contributed by atoms with Gasteiger partial charge in [-0.3, -0.25) is 9.00 Å². The molecule has 5 heterocycles. The van der Waals surface area contributed by atoms with Gasteiger partial charge in [-0.05, 0) is 31.9 Å². The van der Waals surface area contributed by atoms with Crippen LogP contribution in [0.15, 0.2) is 29.2 Å². The fraction of sp³-hybridized carbons (Fsp3) is 0.542. The monoisotopic (exact) mass is 466 g/mol. The lowest BCUT2D eigenvalue weighted by molar-refractivity contribution is -0.132. The van der Waals surface area contributed by atoms with Gasteiger partial charge >= 0.3 is 0 Å². The number of aromatic nitrogens is 2. The average molecular weight is 467 g/mol. The Bertz CT molecular complexity index is 1120. The number of aryl methyl sites for hydroxylation is 2. The first-order chi connectivity index (χ1) is 16.0. The summed E-state index contributed by atoms with van der Waals surface area (Å²) in [5, 5.41) is 3.54. The molecule has 0 aliphatic carbocycles. The number of amides is 1. The van der Waals surface area contributed by atoms with Gasteiger partial charge in [-0.15, -0.1) is 0 Å². The molecule has 4 aliphatic rings. The first kappa shape index (κ1) is 20.9. The highest BCUT2D eigenvalue weighted by atomic mass is 32.2. The predicted molar refractivity (Wildman–Crippen MR) is 129 cm³/mol. The third-order valence-electron chi connectivity index (χ3n) is 7.51. The van der Waals surface area contributed by atoms with Gasteiger partial charge in [-0.25, -0.2) is 4.98 Å². The second kappa shape index (κ2) is 7.97. The molecule has 174 valence electrons. The topological polar surface area (TPSA) is 81.7 Å². The first-order valence-electron chi connectivity index (χ1n) is 11.9. The molecule has 2 bridgehead atoms. The number of rotatable bonds is 4. The van der Waals surface area contributed by atoms with Crippen molar-refractivity contribution < 1.29 is 9.00 Å². The number of anilines is 3. The highest BCUT2D eigenvalue weighted by molar-refractivity contribution is 7.85. The Kier molecular flexibility index (Phi) is 5.05. The maximum atomic E-state index is 12.7. The third-order valence-corrected chi connectivity index (χ3v) is 8.97. The van der Waals surface area contributed by atoms with Gasteiger partial charge in [0.1, 0.15) is 10.7 Å². The Hall–Kier alpha value is -2.68. The van der Waals surface area contributed by atoms with Crippen LogP contribution in [0, 0.1) is 6.92 Å². The minimum Gasteiger partial charge on any atom is -0.365 e. The zero-order chi connectivity index (χ0) is 22.7. The van der Waals surface area contributed by atoms with Gasteiger partial charge in [0, 0.05) is 63.0 Å². The van der Waals surface area contributed by atoms with Crippen molar-refractivity contribution in [3.63, 3.8) is 0 Å². The van der Waals surface area contributed by atoms with Gasteiger partial charge in [0.25, 0.3) is 0 Å². The fourth-order valence-electron chi connectivity index (χ4n) is 5.70. The van der Waals surface area contributed by atoms with Gasteiger partial charge in [0.05, 0.1) is 22.5 Å². The number of carbonyl (C=O) groups excluding carboxylic acids is 1. The molecular weight excluding hydrogens is 436 g/mol. The van der Waals surface area contributed by atoms with Crippen molar-refractivity contribution in [1.82, 2.24) is 14.9 Å². The van der Waals surface area contributed by atoms with Crippen LogP contribution in [0.25, 0.3) is 0 Å². The SMILES string of the molecule is Cc1ccc(N2CC3CC2CN3c2nc3c(c(N[C@H]4CCC(=O)N(C)C4)n2)S(=O)CC3)cc1. The number of hydrogen-bond acceptors (Lipinski definition) is 7. The van der Waals surface area contributed by atoms with E-state index in [-0.39, 0.29) is 11.9 Å². The zero-order valence-electron chi connectivity index (χ0n) is 19.2. The first-order valence-corrected chi connectivity index (χ1v) is 13.2. The summed E-state index contributed by atoms with van der Waals surface area (Å²) in [6, 6.07) is 9.74. The number of nitrogens with one attached hydrogen (secondary N) is 1. The lowest BCUT2D eigenvalue weighted by Gasteiger charge is -2.36. The second-order valence-electron chi connectivity index (χ2n) is 9.79. The molecule has 0 saturated carbocycles. The number of fused-ring (bicyclic) bond motifs is 3. The minimum absolute atomic E-state index is 0.115. The molecule has 9 heteroatoms. The van der Waals surface area contributed by atoms with E-state index in [4.69, 9.17) is 9.97 Å². The Morgan fingerprint density at radius 1 is 1.03 bits per heavy atom. The van der Waals surface area contributed by atoms with Crippen LogP contribution >= 0.6 is 0 Å². The third kappa shape index (κ3) is 3.66. The fourth-order valence-corrected chi connectivity index (χ4v) is 7.01. The van der Waals surface area contributed by atoms with E-state index < -0.39 is 10.8 Å². The smallest absolute Gasteiger partial charge is 0.227 e. The van der Waals surface area contributed by atoms with Crippen molar-refractivity contribution in [2.45, 2.75) is 55.6 Å². The molecule has 3 saturated heterocycles. The van der Waals surface area contributed by atoms with E-state index in [1.807, 2.05) is 7.05 Å². The van der Waals surface area contributed by atoms with Crippen LogP contribution < -0.4 is 15.1 Å². The summed E-state index contributed by atoms with van der Waals surface area (Å²) >= 11 is 0. The molecule has 33 heavy (non-hydrogen) atoms.